The van der Waals surface area contributed by atoms with Crippen molar-refractivity contribution in [3.63, 3.8) is 0 Å². The largest absolute Gasteiger partial charge is 0.269 e. The Morgan fingerprint density at radius 3 is 2.29 bits per heavy atom. The second-order valence-electron chi connectivity index (χ2n) is 4.37. The fourth-order valence-corrected chi connectivity index (χ4v) is 3.44. The van der Waals surface area contributed by atoms with Crippen LogP contribution in [0.5, 0.6) is 0 Å². The molecule has 3 rings (SSSR count). The zero-order valence-electron chi connectivity index (χ0n) is 10.8. The van der Waals surface area contributed by atoms with E-state index >= 15 is 0 Å². The van der Waals surface area contributed by atoms with E-state index in [0.29, 0.717) is 16.4 Å². The van der Waals surface area contributed by atoms with E-state index in [1.807, 2.05) is 0 Å². The van der Waals surface area contributed by atoms with Gasteiger partial charge in [0.1, 0.15) is 0 Å². The smallest absolute Gasteiger partial charge is 0.236 e. The van der Waals surface area contributed by atoms with Crippen molar-refractivity contribution >= 4 is 21.6 Å². The Morgan fingerprint density at radius 1 is 0.952 bits per heavy atom. The van der Waals surface area contributed by atoms with Gasteiger partial charge in [-0.15, -0.1) is 0 Å². The summed E-state index contributed by atoms with van der Waals surface area (Å²) in [4.78, 5) is 4.37. The molecule has 4 nitrogen and oxygen atoms in total. The van der Waals surface area contributed by atoms with Crippen molar-refractivity contribution in [2.24, 2.45) is 0 Å². The summed E-state index contributed by atoms with van der Waals surface area (Å²) < 4.78 is 26.5. The molecule has 0 bridgehead atoms. The van der Waals surface area contributed by atoms with Crippen LogP contribution in [0.25, 0.3) is 11.4 Å². The molecule has 21 heavy (non-hydrogen) atoms. The van der Waals surface area contributed by atoms with E-state index < -0.39 is 10.0 Å². The van der Waals surface area contributed by atoms with Crippen molar-refractivity contribution in [2.75, 3.05) is 0 Å². The SMILES string of the molecule is O=S(=O)(c1ccccc1)n1ccnc1-c1ccc(Cl)cc1. The summed E-state index contributed by atoms with van der Waals surface area (Å²) in [5, 5.41) is 0.586. The molecule has 0 spiro atoms. The van der Waals surface area contributed by atoms with Gasteiger partial charge in [-0.05, 0) is 36.4 Å². The van der Waals surface area contributed by atoms with E-state index in [2.05, 4.69) is 4.98 Å². The molecule has 6 heteroatoms. The van der Waals surface area contributed by atoms with Gasteiger partial charge in [-0.25, -0.2) is 17.4 Å². The lowest BCUT2D eigenvalue weighted by atomic mass is 10.2. The van der Waals surface area contributed by atoms with Crippen molar-refractivity contribution in [1.29, 1.82) is 0 Å². The number of aromatic nitrogens is 2. The number of benzene rings is 2. The van der Waals surface area contributed by atoms with Gasteiger partial charge in [-0.1, -0.05) is 29.8 Å². The maximum Gasteiger partial charge on any atom is 0.269 e. The zero-order valence-corrected chi connectivity index (χ0v) is 12.4. The molecule has 0 atom stereocenters. The van der Waals surface area contributed by atoms with E-state index in [-0.39, 0.29) is 4.90 Å². The highest BCUT2D eigenvalue weighted by atomic mass is 35.5. The molecule has 1 heterocycles. The third-order valence-corrected chi connectivity index (χ3v) is 4.94. The van der Waals surface area contributed by atoms with E-state index in [1.165, 1.54) is 16.4 Å². The fraction of sp³-hybridized carbons (Fsp3) is 0. The second-order valence-corrected chi connectivity index (χ2v) is 6.62. The van der Waals surface area contributed by atoms with Crippen LogP contribution in [0, 0.1) is 0 Å². The summed E-state index contributed by atoms with van der Waals surface area (Å²) in [5.41, 5.74) is 0.684. The van der Waals surface area contributed by atoms with Gasteiger partial charge >= 0.3 is 0 Å². The van der Waals surface area contributed by atoms with Crippen molar-refractivity contribution in [3.05, 3.63) is 72.0 Å². The molecular weight excluding hydrogens is 308 g/mol. The number of nitrogens with zero attached hydrogens (tertiary/aromatic N) is 2. The lowest BCUT2D eigenvalue weighted by Gasteiger charge is -2.09. The van der Waals surface area contributed by atoms with Crippen LogP contribution in [-0.4, -0.2) is 17.4 Å². The quantitative estimate of drug-likeness (QED) is 0.743. The van der Waals surface area contributed by atoms with Gasteiger partial charge in [0, 0.05) is 23.0 Å². The van der Waals surface area contributed by atoms with Gasteiger partial charge in [0.15, 0.2) is 5.82 Å². The van der Waals surface area contributed by atoms with Crippen LogP contribution >= 0.6 is 11.6 Å². The lowest BCUT2D eigenvalue weighted by molar-refractivity contribution is 0.588. The van der Waals surface area contributed by atoms with Crippen molar-refractivity contribution in [3.8, 4) is 11.4 Å². The van der Waals surface area contributed by atoms with Gasteiger partial charge < -0.3 is 0 Å². The minimum Gasteiger partial charge on any atom is -0.236 e. The molecule has 0 fully saturated rings. The lowest BCUT2D eigenvalue weighted by Crippen LogP contribution is -2.13. The van der Waals surface area contributed by atoms with Crippen LogP contribution < -0.4 is 0 Å². The highest BCUT2D eigenvalue weighted by molar-refractivity contribution is 7.90. The number of imidazole rings is 1. The first-order valence-electron chi connectivity index (χ1n) is 6.19. The van der Waals surface area contributed by atoms with Crippen LogP contribution in [0.1, 0.15) is 0 Å². The summed E-state index contributed by atoms with van der Waals surface area (Å²) >= 11 is 5.85. The fourth-order valence-electron chi connectivity index (χ4n) is 1.99. The minimum absolute atomic E-state index is 0.221. The van der Waals surface area contributed by atoms with Gasteiger partial charge in [0.25, 0.3) is 10.0 Å². The van der Waals surface area contributed by atoms with Crippen LogP contribution in [0.3, 0.4) is 0 Å². The first-order chi connectivity index (χ1) is 10.1. The van der Waals surface area contributed by atoms with Crippen molar-refractivity contribution in [2.45, 2.75) is 4.90 Å². The Bertz CT molecular complexity index is 856. The molecule has 0 saturated heterocycles. The standard InChI is InChI=1S/C15H11ClN2O2S/c16-13-8-6-12(7-9-13)15-17-10-11-18(15)21(19,20)14-4-2-1-3-5-14/h1-11H. The van der Waals surface area contributed by atoms with Gasteiger partial charge in [0.05, 0.1) is 4.90 Å². The van der Waals surface area contributed by atoms with Crippen LogP contribution in [-0.2, 0) is 10.0 Å². The second kappa shape index (κ2) is 5.35. The molecular formula is C15H11ClN2O2S. The van der Waals surface area contributed by atoms with E-state index in [0.717, 1.165) is 0 Å². The molecule has 0 amide bonds. The first kappa shape index (κ1) is 13.9. The predicted molar refractivity (Wildman–Crippen MR) is 81.7 cm³/mol. The first-order valence-corrected chi connectivity index (χ1v) is 8.01. The number of hydrogen-bond donors (Lipinski definition) is 0. The Balaban J connectivity index is 2.13. The number of hydrogen-bond acceptors (Lipinski definition) is 3. The molecule has 0 saturated carbocycles. The molecule has 0 radical (unpaired) electrons. The maximum atomic E-state index is 12.7. The predicted octanol–water partition coefficient (Wildman–Crippen LogP) is 3.44. The Morgan fingerprint density at radius 2 is 1.62 bits per heavy atom. The summed E-state index contributed by atoms with van der Waals surface area (Å²) in [5.74, 6) is 0.357. The highest BCUT2D eigenvalue weighted by Gasteiger charge is 2.20. The van der Waals surface area contributed by atoms with E-state index in [4.69, 9.17) is 11.6 Å². The van der Waals surface area contributed by atoms with Crippen molar-refractivity contribution in [1.82, 2.24) is 8.96 Å². The van der Waals surface area contributed by atoms with Crippen molar-refractivity contribution < 1.29 is 8.42 Å². The van der Waals surface area contributed by atoms with Crippen LogP contribution in [0.15, 0.2) is 71.9 Å². The average Bonchev–Trinajstić information content (AvgIpc) is 2.99. The van der Waals surface area contributed by atoms with E-state index in [1.54, 1.807) is 54.6 Å². The molecule has 2 aromatic carbocycles. The third-order valence-electron chi connectivity index (χ3n) is 3.01. The van der Waals surface area contributed by atoms with Gasteiger partial charge in [0.2, 0.25) is 0 Å². The summed E-state index contributed by atoms with van der Waals surface area (Å²) in [7, 11) is -3.66. The van der Waals surface area contributed by atoms with Gasteiger partial charge in [-0.3, -0.25) is 0 Å². The normalized spacial score (nSPS) is 11.5. The molecule has 0 aliphatic rings. The van der Waals surface area contributed by atoms with Gasteiger partial charge in [-0.2, -0.15) is 0 Å². The van der Waals surface area contributed by atoms with E-state index in [9.17, 15) is 8.42 Å². The zero-order chi connectivity index (χ0) is 14.9. The third kappa shape index (κ3) is 2.57. The summed E-state index contributed by atoms with van der Waals surface area (Å²) in [6.07, 6.45) is 2.90. The monoisotopic (exact) mass is 318 g/mol. The minimum atomic E-state index is -3.66. The molecule has 0 unspecified atom stereocenters. The Hall–Kier alpha value is -2.11. The molecule has 0 N–H and O–H groups in total. The molecule has 1 aromatic heterocycles. The Labute approximate surface area is 127 Å². The molecule has 106 valence electrons. The average molecular weight is 319 g/mol. The van der Waals surface area contributed by atoms with Crippen LogP contribution in [0.2, 0.25) is 5.02 Å². The number of rotatable bonds is 3. The highest BCUT2D eigenvalue weighted by Crippen LogP contribution is 2.24. The number of halogens is 1. The molecule has 3 aromatic rings. The Kier molecular flexibility index (Phi) is 3.53. The topological polar surface area (TPSA) is 52.0 Å². The molecule has 0 aliphatic heterocycles. The van der Waals surface area contributed by atoms with Crippen LogP contribution in [0.4, 0.5) is 0 Å². The molecule has 0 aliphatic carbocycles. The summed E-state index contributed by atoms with van der Waals surface area (Å²) in [6, 6.07) is 15.1. The summed E-state index contributed by atoms with van der Waals surface area (Å²) in [6.45, 7) is 0. The maximum absolute atomic E-state index is 12.7.